The summed E-state index contributed by atoms with van der Waals surface area (Å²) in [5.41, 5.74) is 2.29. The summed E-state index contributed by atoms with van der Waals surface area (Å²) < 4.78 is 8.08. The van der Waals surface area contributed by atoms with E-state index in [4.69, 9.17) is 9.72 Å². The first kappa shape index (κ1) is 16.0. The lowest BCUT2D eigenvalue weighted by Crippen LogP contribution is -2.42. The van der Waals surface area contributed by atoms with E-state index in [1.807, 2.05) is 13.0 Å². The number of aryl methyl sites for hydroxylation is 1. The van der Waals surface area contributed by atoms with Crippen LogP contribution in [-0.2, 0) is 17.7 Å². The number of hydrogen-bond donors (Lipinski definition) is 1. The van der Waals surface area contributed by atoms with Gasteiger partial charge in [0.05, 0.1) is 17.1 Å². The van der Waals surface area contributed by atoms with Crippen LogP contribution < -0.4 is 5.32 Å². The lowest BCUT2D eigenvalue weighted by Gasteiger charge is -2.24. The van der Waals surface area contributed by atoms with E-state index in [0.29, 0.717) is 0 Å². The molecule has 0 radical (unpaired) electrons. The molecule has 1 heterocycles. The lowest BCUT2D eigenvalue weighted by molar-refractivity contribution is 0.0473. The Morgan fingerprint density at radius 2 is 2.00 bits per heavy atom. The van der Waals surface area contributed by atoms with Crippen molar-refractivity contribution >= 4 is 11.0 Å². The molecule has 0 saturated heterocycles. The fraction of sp³-hybridized carbons (Fsp3) is 0.588. The average molecular weight is 289 g/mol. The first-order valence-electron chi connectivity index (χ1n) is 8.00. The summed E-state index contributed by atoms with van der Waals surface area (Å²) in [6.07, 6.45) is 1.07. The molecule has 4 nitrogen and oxygen atoms in total. The van der Waals surface area contributed by atoms with E-state index < -0.39 is 0 Å². The molecule has 2 aromatic rings. The van der Waals surface area contributed by atoms with Gasteiger partial charge in [-0.15, -0.1) is 0 Å². The number of hydrogen-bond acceptors (Lipinski definition) is 3. The molecule has 2 unspecified atom stereocenters. The first-order valence-corrected chi connectivity index (χ1v) is 8.00. The van der Waals surface area contributed by atoms with Gasteiger partial charge < -0.3 is 14.6 Å². The van der Waals surface area contributed by atoms with E-state index in [1.165, 1.54) is 5.52 Å². The van der Waals surface area contributed by atoms with E-state index in [0.717, 1.165) is 37.5 Å². The molecule has 0 bridgehead atoms. The number of fused-ring (bicyclic) bond motifs is 1. The highest BCUT2D eigenvalue weighted by molar-refractivity contribution is 5.75. The summed E-state index contributed by atoms with van der Waals surface area (Å²) in [5.74, 6) is 1.14. The minimum absolute atomic E-state index is 0.181. The van der Waals surface area contributed by atoms with Crippen molar-refractivity contribution in [3.05, 3.63) is 30.1 Å². The predicted molar refractivity (Wildman–Crippen MR) is 87.7 cm³/mol. The van der Waals surface area contributed by atoms with E-state index in [9.17, 15) is 0 Å². The molecule has 116 valence electrons. The van der Waals surface area contributed by atoms with Gasteiger partial charge in [0.2, 0.25) is 0 Å². The molecule has 1 aromatic heterocycles. The van der Waals surface area contributed by atoms with Crippen LogP contribution in [0.5, 0.6) is 0 Å². The minimum Gasteiger partial charge on any atom is -0.377 e. The van der Waals surface area contributed by atoms with E-state index >= 15 is 0 Å². The van der Waals surface area contributed by atoms with Crippen molar-refractivity contribution in [2.75, 3.05) is 13.2 Å². The molecule has 4 heteroatoms. The van der Waals surface area contributed by atoms with Crippen molar-refractivity contribution in [3.8, 4) is 0 Å². The number of benzene rings is 1. The van der Waals surface area contributed by atoms with Gasteiger partial charge in [-0.1, -0.05) is 19.1 Å². The second-order valence-electron chi connectivity index (χ2n) is 5.29. The molecule has 1 N–H and O–H groups in total. The Bertz CT molecular complexity index is 564. The van der Waals surface area contributed by atoms with Crippen LogP contribution in [0.2, 0.25) is 0 Å². The average Bonchev–Trinajstić information content (AvgIpc) is 2.84. The number of para-hydroxylation sites is 2. The molecule has 0 aliphatic heterocycles. The zero-order valence-corrected chi connectivity index (χ0v) is 13.6. The van der Waals surface area contributed by atoms with Gasteiger partial charge in [0.15, 0.2) is 0 Å². The summed E-state index contributed by atoms with van der Waals surface area (Å²) in [7, 11) is 0. The van der Waals surface area contributed by atoms with Crippen LogP contribution in [0.4, 0.5) is 0 Å². The molecule has 2 rings (SSSR count). The lowest BCUT2D eigenvalue weighted by atomic mass is 10.1. The molecular formula is C17H27N3O. The van der Waals surface area contributed by atoms with Gasteiger partial charge in [0.25, 0.3) is 0 Å². The van der Waals surface area contributed by atoms with Crippen LogP contribution in [0.15, 0.2) is 24.3 Å². The quantitative estimate of drug-likeness (QED) is 0.812. The second kappa shape index (κ2) is 7.57. The number of likely N-dealkylation sites (N-methyl/N-ethyl adjacent to an activating group) is 1. The molecule has 0 saturated carbocycles. The number of imidazole rings is 1. The predicted octanol–water partition coefficient (Wildman–Crippen LogP) is 3.00. The van der Waals surface area contributed by atoms with E-state index in [-0.39, 0.29) is 12.1 Å². The molecule has 0 aliphatic rings. The van der Waals surface area contributed by atoms with Crippen molar-refractivity contribution in [3.63, 3.8) is 0 Å². The maximum Gasteiger partial charge on any atom is 0.111 e. The zero-order valence-electron chi connectivity index (χ0n) is 13.6. The van der Waals surface area contributed by atoms with Gasteiger partial charge in [-0.2, -0.15) is 0 Å². The molecule has 2 atom stereocenters. The van der Waals surface area contributed by atoms with Crippen molar-refractivity contribution < 1.29 is 4.74 Å². The number of ether oxygens (including phenoxy) is 1. The fourth-order valence-electron chi connectivity index (χ4n) is 2.88. The summed E-state index contributed by atoms with van der Waals surface area (Å²) in [4.78, 5) is 4.82. The van der Waals surface area contributed by atoms with Crippen molar-refractivity contribution in [2.24, 2.45) is 0 Å². The normalized spacial score (nSPS) is 14.5. The number of aromatic nitrogens is 2. The van der Waals surface area contributed by atoms with Crippen LogP contribution in [0.3, 0.4) is 0 Å². The summed E-state index contributed by atoms with van der Waals surface area (Å²) in [6, 6.07) is 8.63. The van der Waals surface area contributed by atoms with Crippen molar-refractivity contribution in [1.82, 2.24) is 14.9 Å². The molecule has 1 aromatic carbocycles. The maximum atomic E-state index is 5.78. The van der Waals surface area contributed by atoms with Crippen molar-refractivity contribution in [2.45, 2.75) is 52.8 Å². The third-order valence-corrected chi connectivity index (χ3v) is 3.91. The van der Waals surface area contributed by atoms with Crippen LogP contribution in [0.25, 0.3) is 11.0 Å². The van der Waals surface area contributed by atoms with Crippen LogP contribution >= 0.6 is 0 Å². The first-order chi connectivity index (χ1) is 10.2. The van der Waals surface area contributed by atoms with Gasteiger partial charge in [-0.25, -0.2) is 4.98 Å². The summed E-state index contributed by atoms with van der Waals surface area (Å²) in [5, 5.41) is 3.53. The SMILES string of the molecule is CCNC(Cc1nc2ccccc2n1CC)C(C)OCC. The smallest absolute Gasteiger partial charge is 0.111 e. The number of nitrogens with zero attached hydrogens (tertiary/aromatic N) is 2. The highest BCUT2D eigenvalue weighted by atomic mass is 16.5. The monoisotopic (exact) mass is 289 g/mol. The Kier molecular flexibility index (Phi) is 5.76. The highest BCUT2D eigenvalue weighted by Gasteiger charge is 2.20. The van der Waals surface area contributed by atoms with Crippen LogP contribution in [0, 0.1) is 0 Å². The minimum atomic E-state index is 0.181. The molecule has 0 spiro atoms. The fourth-order valence-corrected chi connectivity index (χ4v) is 2.88. The van der Waals surface area contributed by atoms with Gasteiger partial charge in [0, 0.05) is 25.6 Å². The topological polar surface area (TPSA) is 39.1 Å². The Hall–Kier alpha value is -1.39. The highest BCUT2D eigenvalue weighted by Crippen LogP contribution is 2.18. The standard InChI is InChI=1S/C17H27N3O/c1-5-18-15(13(4)21-7-3)12-17-19-14-10-8-9-11-16(14)20(17)6-2/h8-11,13,15,18H,5-7,12H2,1-4H3. The summed E-state index contributed by atoms with van der Waals surface area (Å²) >= 11 is 0. The molecule has 21 heavy (non-hydrogen) atoms. The summed E-state index contributed by atoms with van der Waals surface area (Å²) in [6.45, 7) is 11.1. The Balaban J connectivity index is 2.27. The third kappa shape index (κ3) is 3.63. The molecule has 0 aliphatic carbocycles. The van der Waals surface area contributed by atoms with Crippen LogP contribution in [-0.4, -0.2) is 34.8 Å². The maximum absolute atomic E-state index is 5.78. The Labute approximate surface area is 127 Å². The van der Waals surface area contributed by atoms with Gasteiger partial charge in [-0.05, 0) is 39.4 Å². The second-order valence-corrected chi connectivity index (χ2v) is 5.29. The largest absolute Gasteiger partial charge is 0.377 e. The molecule has 0 fully saturated rings. The van der Waals surface area contributed by atoms with Gasteiger partial charge in [0.1, 0.15) is 5.82 Å². The van der Waals surface area contributed by atoms with Gasteiger partial charge >= 0.3 is 0 Å². The Morgan fingerprint density at radius 1 is 1.24 bits per heavy atom. The van der Waals surface area contributed by atoms with Gasteiger partial charge in [-0.3, -0.25) is 0 Å². The number of rotatable bonds is 8. The molecular weight excluding hydrogens is 262 g/mol. The Morgan fingerprint density at radius 3 is 2.67 bits per heavy atom. The third-order valence-electron chi connectivity index (χ3n) is 3.91. The molecule has 0 amide bonds. The van der Waals surface area contributed by atoms with Crippen LogP contribution in [0.1, 0.15) is 33.5 Å². The number of nitrogens with one attached hydrogen (secondary N) is 1. The van der Waals surface area contributed by atoms with E-state index in [1.54, 1.807) is 0 Å². The van der Waals surface area contributed by atoms with E-state index in [2.05, 4.69) is 48.9 Å². The van der Waals surface area contributed by atoms with Crippen molar-refractivity contribution in [1.29, 1.82) is 0 Å². The zero-order chi connectivity index (χ0) is 15.2.